The topological polar surface area (TPSA) is 36.2 Å². The zero-order valence-electron chi connectivity index (χ0n) is 15.7. The first-order chi connectivity index (χ1) is 11.8. The van der Waals surface area contributed by atoms with Gasteiger partial charge in [-0.3, -0.25) is 0 Å². The molecular formula is C21H24N2O2. The van der Waals surface area contributed by atoms with E-state index in [1.807, 2.05) is 12.1 Å². The maximum Gasteiger partial charge on any atom is 0.337 e. The molecule has 0 unspecified atom stereocenters. The SMILES string of the molecule is COC(=O)c1cc(-n2c(C)ccc2C)c(C)c(-n2c(C)ccc2C)c1. The van der Waals surface area contributed by atoms with E-state index in [0.717, 1.165) is 39.7 Å². The molecule has 130 valence electrons. The normalized spacial score (nSPS) is 11.0. The van der Waals surface area contributed by atoms with Crippen LogP contribution < -0.4 is 0 Å². The molecule has 0 aliphatic heterocycles. The predicted octanol–water partition coefficient (Wildman–Crippen LogP) is 4.60. The van der Waals surface area contributed by atoms with E-state index in [1.165, 1.54) is 7.11 Å². The number of ether oxygens (including phenoxy) is 1. The number of hydrogen-bond acceptors (Lipinski definition) is 2. The Bertz CT molecular complexity index is 854. The van der Waals surface area contributed by atoms with Crippen LogP contribution in [-0.4, -0.2) is 22.2 Å². The van der Waals surface area contributed by atoms with E-state index in [1.54, 1.807) is 0 Å². The molecule has 3 rings (SSSR count). The average molecular weight is 336 g/mol. The maximum atomic E-state index is 12.3. The first-order valence-corrected chi connectivity index (χ1v) is 8.38. The summed E-state index contributed by atoms with van der Waals surface area (Å²) in [6, 6.07) is 12.2. The van der Waals surface area contributed by atoms with E-state index in [2.05, 4.69) is 68.0 Å². The summed E-state index contributed by atoms with van der Waals surface area (Å²) in [5.41, 5.74) is 8.22. The highest BCUT2D eigenvalue weighted by Gasteiger charge is 2.18. The van der Waals surface area contributed by atoms with Gasteiger partial charge in [0.15, 0.2) is 0 Å². The monoisotopic (exact) mass is 336 g/mol. The smallest absolute Gasteiger partial charge is 0.337 e. The molecule has 0 radical (unpaired) electrons. The maximum absolute atomic E-state index is 12.3. The van der Waals surface area contributed by atoms with Crippen LogP contribution in [0.5, 0.6) is 0 Å². The summed E-state index contributed by atoms with van der Waals surface area (Å²) in [6.45, 7) is 10.4. The Labute approximate surface area is 148 Å². The van der Waals surface area contributed by atoms with E-state index >= 15 is 0 Å². The molecule has 2 heterocycles. The number of methoxy groups -OCH3 is 1. The van der Waals surface area contributed by atoms with Crippen molar-refractivity contribution in [2.45, 2.75) is 34.6 Å². The molecule has 0 amide bonds. The van der Waals surface area contributed by atoms with Crippen LogP contribution in [0.4, 0.5) is 0 Å². The van der Waals surface area contributed by atoms with Crippen LogP contribution in [-0.2, 0) is 4.74 Å². The molecule has 3 aromatic rings. The molecule has 0 aliphatic carbocycles. The van der Waals surface area contributed by atoms with E-state index < -0.39 is 0 Å². The van der Waals surface area contributed by atoms with Gasteiger partial charge < -0.3 is 13.9 Å². The van der Waals surface area contributed by atoms with Gasteiger partial charge in [-0.15, -0.1) is 0 Å². The van der Waals surface area contributed by atoms with Gasteiger partial charge in [0.05, 0.1) is 24.0 Å². The zero-order chi connectivity index (χ0) is 18.3. The minimum Gasteiger partial charge on any atom is -0.465 e. The third kappa shape index (κ3) is 2.78. The van der Waals surface area contributed by atoms with E-state index in [9.17, 15) is 4.79 Å². The molecule has 0 saturated carbocycles. The zero-order valence-corrected chi connectivity index (χ0v) is 15.7. The van der Waals surface area contributed by atoms with Crippen LogP contribution in [0.1, 0.15) is 38.7 Å². The van der Waals surface area contributed by atoms with E-state index in [4.69, 9.17) is 4.74 Å². The van der Waals surface area contributed by atoms with Crippen molar-refractivity contribution in [3.05, 3.63) is 70.3 Å². The largest absolute Gasteiger partial charge is 0.465 e. The third-order valence-corrected chi connectivity index (χ3v) is 4.80. The number of nitrogens with zero attached hydrogens (tertiary/aromatic N) is 2. The summed E-state index contributed by atoms with van der Waals surface area (Å²) >= 11 is 0. The molecule has 4 heteroatoms. The number of hydrogen-bond donors (Lipinski definition) is 0. The van der Waals surface area contributed by atoms with Gasteiger partial charge in [-0.1, -0.05) is 0 Å². The van der Waals surface area contributed by atoms with Crippen molar-refractivity contribution < 1.29 is 9.53 Å². The van der Waals surface area contributed by atoms with Gasteiger partial charge >= 0.3 is 5.97 Å². The number of aromatic nitrogens is 2. The van der Waals surface area contributed by atoms with Crippen molar-refractivity contribution in [3.63, 3.8) is 0 Å². The minimum atomic E-state index is -0.326. The van der Waals surface area contributed by atoms with Crippen molar-refractivity contribution in [2.75, 3.05) is 7.11 Å². The van der Waals surface area contributed by atoms with Crippen LogP contribution >= 0.6 is 0 Å². The van der Waals surface area contributed by atoms with Gasteiger partial charge in [0, 0.05) is 22.8 Å². The second kappa shape index (κ2) is 6.28. The highest BCUT2D eigenvalue weighted by molar-refractivity contribution is 5.91. The van der Waals surface area contributed by atoms with E-state index in [-0.39, 0.29) is 5.97 Å². The molecule has 2 aromatic heterocycles. The van der Waals surface area contributed by atoms with Gasteiger partial charge in [0.25, 0.3) is 0 Å². The Kier molecular flexibility index (Phi) is 4.29. The fourth-order valence-electron chi connectivity index (χ4n) is 3.48. The van der Waals surface area contributed by atoms with Crippen molar-refractivity contribution in [3.8, 4) is 11.4 Å². The Morgan fingerprint density at radius 2 is 1.12 bits per heavy atom. The average Bonchev–Trinajstić information content (AvgIpc) is 3.09. The Morgan fingerprint density at radius 3 is 1.44 bits per heavy atom. The molecule has 1 aromatic carbocycles. The lowest BCUT2D eigenvalue weighted by Crippen LogP contribution is -2.11. The van der Waals surface area contributed by atoms with Crippen LogP contribution in [0.3, 0.4) is 0 Å². The first-order valence-electron chi connectivity index (χ1n) is 8.38. The van der Waals surface area contributed by atoms with E-state index in [0.29, 0.717) is 5.56 Å². The first kappa shape index (κ1) is 17.1. The van der Waals surface area contributed by atoms with Crippen molar-refractivity contribution in [1.29, 1.82) is 0 Å². The lowest BCUT2D eigenvalue weighted by atomic mass is 10.1. The molecular weight excluding hydrogens is 312 g/mol. The summed E-state index contributed by atoms with van der Waals surface area (Å²) in [5, 5.41) is 0. The van der Waals surface area contributed by atoms with Gasteiger partial charge in [-0.05, 0) is 76.6 Å². The lowest BCUT2D eigenvalue weighted by Gasteiger charge is -2.20. The van der Waals surface area contributed by atoms with Crippen LogP contribution in [0.15, 0.2) is 36.4 Å². The molecule has 25 heavy (non-hydrogen) atoms. The number of rotatable bonds is 3. The molecule has 4 nitrogen and oxygen atoms in total. The van der Waals surface area contributed by atoms with Gasteiger partial charge in [-0.25, -0.2) is 4.79 Å². The fourth-order valence-corrected chi connectivity index (χ4v) is 3.48. The predicted molar refractivity (Wildman–Crippen MR) is 100 cm³/mol. The van der Waals surface area contributed by atoms with Crippen molar-refractivity contribution in [1.82, 2.24) is 9.13 Å². The molecule has 0 saturated heterocycles. The Balaban J connectivity index is 2.37. The molecule has 0 aliphatic rings. The highest BCUT2D eigenvalue weighted by atomic mass is 16.5. The van der Waals surface area contributed by atoms with Crippen LogP contribution in [0.25, 0.3) is 11.4 Å². The summed E-state index contributed by atoms with van der Waals surface area (Å²) in [4.78, 5) is 12.3. The summed E-state index contributed by atoms with van der Waals surface area (Å²) in [7, 11) is 1.42. The molecule has 0 fully saturated rings. The summed E-state index contributed by atoms with van der Waals surface area (Å²) < 4.78 is 9.34. The molecule has 0 spiro atoms. The quantitative estimate of drug-likeness (QED) is 0.656. The molecule has 0 bridgehead atoms. The van der Waals surface area contributed by atoms with Crippen LogP contribution in [0.2, 0.25) is 0 Å². The van der Waals surface area contributed by atoms with Crippen molar-refractivity contribution >= 4 is 5.97 Å². The number of carbonyl (C=O) groups excluding carboxylic acids is 1. The Morgan fingerprint density at radius 1 is 0.760 bits per heavy atom. The minimum absolute atomic E-state index is 0.326. The third-order valence-electron chi connectivity index (χ3n) is 4.80. The standard InChI is InChI=1S/C21H24N2O2/c1-13-7-8-14(2)22(13)19-11-18(21(24)25-6)12-20(17(19)5)23-15(3)9-10-16(23)4/h7-12H,1-6H3. The number of aryl methyl sites for hydroxylation is 4. The van der Waals surface area contributed by atoms with Gasteiger partial charge in [0.1, 0.15) is 0 Å². The number of esters is 1. The molecule has 0 atom stereocenters. The summed E-state index contributed by atoms with van der Waals surface area (Å²) in [5.74, 6) is -0.326. The highest BCUT2D eigenvalue weighted by Crippen LogP contribution is 2.29. The molecule has 0 N–H and O–H groups in total. The second-order valence-electron chi connectivity index (χ2n) is 6.53. The fraction of sp³-hybridized carbons (Fsp3) is 0.286. The van der Waals surface area contributed by atoms with Gasteiger partial charge in [0.2, 0.25) is 0 Å². The van der Waals surface area contributed by atoms with Crippen molar-refractivity contribution in [2.24, 2.45) is 0 Å². The van der Waals surface area contributed by atoms with Gasteiger partial charge in [-0.2, -0.15) is 0 Å². The van der Waals surface area contributed by atoms with Crippen LogP contribution in [0, 0.1) is 34.6 Å². The second-order valence-corrected chi connectivity index (χ2v) is 6.53. The number of carbonyl (C=O) groups is 1. The number of benzene rings is 1. The lowest BCUT2D eigenvalue weighted by molar-refractivity contribution is 0.0600. The Hall–Kier alpha value is -2.75. The summed E-state index contributed by atoms with van der Waals surface area (Å²) in [6.07, 6.45) is 0.